The van der Waals surface area contributed by atoms with Crippen LogP contribution < -0.4 is 15.4 Å². The van der Waals surface area contributed by atoms with Crippen LogP contribution in [0.25, 0.3) is 0 Å². The van der Waals surface area contributed by atoms with Gasteiger partial charge in [-0.3, -0.25) is 9.59 Å². The first-order valence-electron chi connectivity index (χ1n) is 6.52. The van der Waals surface area contributed by atoms with Crippen LogP contribution in [0, 0.1) is 5.82 Å². The van der Waals surface area contributed by atoms with Gasteiger partial charge < -0.3 is 15.4 Å². The fourth-order valence-electron chi connectivity index (χ4n) is 1.89. The van der Waals surface area contributed by atoms with Crippen molar-refractivity contribution in [1.29, 1.82) is 0 Å². The molecule has 2 rings (SSSR count). The van der Waals surface area contributed by atoms with Crippen LogP contribution in [0.4, 0.5) is 10.1 Å². The molecular weight excluding hydrogens is 287 g/mol. The monoisotopic (exact) mass is 302 g/mol. The molecule has 0 aliphatic rings. The van der Waals surface area contributed by atoms with Crippen molar-refractivity contribution in [3.63, 3.8) is 0 Å². The van der Waals surface area contributed by atoms with Gasteiger partial charge in [0.05, 0.1) is 12.8 Å². The third kappa shape index (κ3) is 3.41. The van der Waals surface area contributed by atoms with Gasteiger partial charge in [0.15, 0.2) is 0 Å². The zero-order valence-electron chi connectivity index (χ0n) is 12.1. The fourth-order valence-corrected chi connectivity index (χ4v) is 1.89. The minimum absolute atomic E-state index is 0.278. The molecular formula is C16H15FN2O3. The second-order valence-electron chi connectivity index (χ2n) is 4.46. The van der Waals surface area contributed by atoms with E-state index in [0.717, 1.165) is 0 Å². The lowest BCUT2D eigenvalue weighted by molar-refractivity contribution is 0.0961. The highest BCUT2D eigenvalue weighted by molar-refractivity contribution is 6.06. The molecule has 0 spiro atoms. The van der Waals surface area contributed by atoms with E-state index in [-0.39, 0.29) is 5.91 Å². The van der Waals surface area contributed by atoms with E-state index in [9.17, 15) is 14.0 Å². The highest BCUT2D eigenvalue weighted by atomic mass is 19.1. The quantitative estimate of drug-likeness (QED) is 0.911. The van der Waals surface area contributed by atoms with Crippen molar-refractivity contribution in [3.8, 4) is 5.75 Å². The normalized spacial score (nSPS) is 9.95. The Hall–Kier alpha value is -2.89. The van der Waals surface area contributed by atoms with Gasteiger partial charge >= 0.3 is 0 Å². The Labute approximate surface area is 127 Å². The topological polar surface area (TPSA) is 67.4 Å². The highest BCUT2D eigenvalue weighted by Gasteiger charge is 2.13. The van der Waals surface area contributed by atoms with Crippen LogP contribution in [0.15, 0.2) is 42.5 Å². The molecule has 0 radical (unpaired) electrons. The van der Waals surface area contributed by atoms with Crippen molar-refractivity contribution in [2.24, 2.45) is 0 Å². The number of carbonyl (C=O) groups is 2. The number of rotatable bonds is 4. The van der Waals surface area contributed by atoms with Gasteiger partial charge in [-0.2, -0.15) is 0 Å². The number of hydrogen-bond acceptors (Lipinski definition) is 3. The number of ether oxygens (including phenoxy) is 1. The Kier molecular flexibility index (Phi) is 4.73. The maximum Gasteiger partial charge on any atom is 0.255 e. The van der Waals surface area contributed by atoms with Crippen molar-refractivity contribution in [3.05, 3.63) is 59.4 Å². The van der Waals surface area contributed by atoms with Crippen LogP contribution in [0.1, 0.15) is 20.7 Å². The smallest absolute Gasteiger partial charge is 0.255 e. The van der Waals surface area contributed by atoms with Gasteiger partial charge in [0.1, 0.15) is 11.6 Å². The average molecular weight is 302 g/mol. The van der Waals surface area contributed by atoms with E-state index in [1.165, 1.54) is 44.5 Å². The van der Waals surface area contributed by atoms with Crippen LogP contribution in [0.3, 0.4) is 0 Å². The predicted molar refractivity (Wildman–Crippen MR) is 80.7 cm³/mol. The first kappa shape index (κ1) is 15.5. The fraction of sp³-hybridized carbons (Fsp3) is 0.125. The molecule has 0 heterocycles. The number of benzene rings is 2. The summed E-state index contributed by atoms with van der Waals surface area (Å²) in [6, 6.07) is 9.84. The molecule has 0 fully saturated rings. The number of methoxy groups -OCH3 is 1. The summed E-state index contributed by atoms with van der Waals surface area (Å²) in [6.45, 7) is 0. The van der Waals surface area contributed by atoms with E-state index in [1.807, 2.05) is 0 Å². The van der Waals surface area contributed by atoms with Crippen molar-refractivity contribution in [2.75, 3.05) is 19.5 Å². The molecule has 0 aromatic heterocycles. The zero-order valence-corrected chi connectivity index (χ0v) is 12.1. The lowest BCUT2D eigenvalue weighted by Gasteiger charge is -2.12. The maximum atomic E-state index is 12.9. The summed E-state index contributed by atoms with van der Waals surface area (Å²) < 4.78 is 18.0. The number of carbonyl (C=O) groups excluding carboxylic acids is 2. The standard InChI is InChI=1S/C16H15FN2O3/c1-18-15(20)11-5-8-14(22-2)13(9-11)19-16(21)10-3-6-12(17)7-4-10/h3-9H,1-2H3,(H,18,20)(H,19,21). The van der Waals surface area contributed by atoms with E-state index in [0.29, 0.717) is 22.6 Å². The van der Waals surface area contributed by atoms with E-state index in [4.69, 9.17) is 4.74 Å². The molecule has 2 aromatic carbocycles. The molecule has 0 saturated carbocycles. The average Bonchev–Trinajstić information content (AvgIpc) is 2.54. The summed E-state index contributed by atoms with van der Waals surface area (Å²) in [5, 5.41) is 5.15. The molecule has 2 aromatic rings. The van der Waals surface area contributed by atoms with E-state index in [2.05, 4.69) is 10.6 Å². The summed E-state index contributed by atoms with van der Waals surface area (Å²) in [5.74, 6) is -0.703. The predicted octanol–water partition coefficient (Wildman–Crippen LogP) is 2.45. The molecule has 0 atom stereocenters. The van der Waals surface area contributed by atoms with Crippen LogP contribution >= 0.6 is 0 Å². The lowest BCUT2D eigenvalue weighted by atomic mass is 10.1. The molecule has 114 valence electrons. The van der Waals surface area contributed by atoms with Gasteiger partial charge in [-0.05, 0) is 42.5 Å². The summed E-state index contributed by atoms with van der Waals surface area (Å²) in [6.07, 6.45) is 0. The Morgan fingerprint density at radius 2 is 1.64 bits per heavy atom. The summed E-state index contributed by atoms with van der Waals surface area (Å²) in [5.41, 5.74) is 1.05. The molecule has 22 heavy (non-hydrogen) atoms. The van der Waals surface area contributed by atoms with E-state index >= 15 is 0 Å². The molecule has 0 bridgehead atoms. The molecule has 0 saturated heterocycles. The Bertz CT molecular complexity index is 699. The van der Waals surface area contributed by atoms with E-state index < -0.39 is 11.7 Å². The van der Waals surface area contributed by atoms with Crippen molar-refractivity contribution in [1.82, 2.24) is 5.32 Å². The third-order valence-corrected chi connectivity index (χ3v) is 3.04. The molecule has 2 amide bonds. The zero-order chi connectivity index (χ0) is 16.1. The Morgan fingerprint density at radius 3 is 2.23 bits per heavy atom. The van der Waals surface area contributed by atoms with Gasteiger partial charge in [0.25, 0.3) is 11.8 Å². The largest absolute Gasteiger partial charge is 0.495 e. The number of hydrogen-bond donors (Lipinski definition) is 2. The van der Waals surface area contributed by atoms with Crippen molar-refractivity contribution in [2.45, 2.75) is 0 Å². The van der Waals surface area contributed by atoms with E-state index in [1.54, 1.807) is 12.1 Å². The summed E-state index contributed by atoms with van der Waals surface area (Å²) >= 11 is 0. The Morgan fingerprint density at radius 1 is 1.00 bits per heavy atom. The minimum atomic E-state index is -0.424. The van der Waals surface area contributed by atoms with Gasteiger partial charge in [0, 0.05) is 18.2 Å². The van der Waals surface area contributed by atoms with Crippen molar-refractivity contribution >= 4 is 17.5 Å². The third-order valence-electron chi connectivity index (χ3n) is 3.04. The maximum absolute atomic E-state index is 12.9. The molecule has 6 heteroatoms. The molecule has 0 aliphatic carbocycles. The van der Waals surface area contributed by atoms with Crippen LogP contribution in [0.5, 0.6) is 5.75 Å². The van der Waals surface area contributed by atoms with Crippen LogP contribution in [0.2, 0.25) is 0 Å². The number of amides is 2. The molecule has 5 nitrogen and oxygen atoms in total. The molecule has 0 unspecified atom stereocenters. The first-order valence-corrected chi connectivity index (χ1v) is 6.52. The number of halogens is 1. The minimum Gasteiger partial charge on any atom is -0.495 e. The summed E-state index contributed by atoms with van der Waals surface area (Å²) in [7, 11) is 2.98. The Balaban J connectivity index is 2.28. The molecule has 0 aliphatic heterocycles. The number of anilines is 1. The van der Waals surface area contributed by atoms with Gasteiger partial charge in [0.2, 0.25) is 0 Å². The van der Waals surface area contributed by atoms with Crippen LogP contribution in [-0.4, -0.2) is 26.0 Å². The van der Waals surface area contributed by atoms with Gasteiger partial charge in [-0.1, -0.05) is 0 Å². The van der Waals surface area contributed by atoms with Gasteiger partial charge in [-0.15, -0.1) is 0 Å². The summed E-state index contributed by atoms with van der Waals surface area (Å²) in [4.78, 5) is 23.8. The SMILES string of the molecule is CNC(=O)c1ccc(OC)c(NC(=O)c2ccc(F)cc2)c1. The highest BCUT2D eigenvalue weighted by Crippen LogP contribution is 2.26. The second kappa shape index (κ2) is 6.71. The number of nitrogens with one attached hydrogen (secondary N) is 2. The van der Waals surface area contributed by atoms with Crippen LogP contribution in [-0.2, 0) is 0 Å². The van der Waals surface area contributed by atoms with Crippen molar-refractivity contribution < 1.29 is 18.7 Å². The first-order chi connectivity index (χ1) is 10.5. The lowest BCUT2D eigenvalue weighted by Crippen LogP contribution is -2.19. The second-order valence-corrected chi connectivity index (χ2v) is 4.46. The molecule has 2 N–H and O–H groups in total. The van der Waals surface area contributed by atoms with Gasteiger partial charge in [-0.25, -0.2) is 4.39 Å².